The Morgan fingerprint density at radius 2 is 2.12 bits per heavy atom. The highest BCUT2D eigenvalue weighted by molar-refractivity contribution is 5.93. The molecule has 1 heterocycles. The average Bonchev–Trinajstić information content (AvgIpc) is 2.66. The molecule has 92 valence electrons. The van der Waals surface area contributed by atoms with E-state index in [1.54, 1.807) is 0 Å². The Labute approximate surface area is 96.3 Å². The molecule has 2 amide bonds. The second kappa shape index (κ2) is 5.84. The first-order valence-electron chi connectivity index (χ1n) is 5.85. The lowest BCUT2D eigenvalue weighted by molar-refractivity contribution is -0.127. The number of amides is 2. The summed E-state index contributed by atoms with van der Waals surface area (Å²) >= 11 is 0. The first-order chi connectivity index (χ1) is 7.60. The van der Waals surface area contributed by atoms with Crippen molar-refractivity contribution in [2.45, 2.75) is 39.8 Å². The van der Waals surface area contributed by atoms with Gasteiger partial charge in [0, 0.05) is 13.0 Å². The van der Waals surface area contributed by atoms with E-state index in [9.17, 15) is 9.59 Å². The van der Waals surface area contributed by atoms with Crippen LogP contribution in [0.4, 0.5) is 4.79 Å². The third-order valence-corrected chi connectivity index (χ3v) is 2.89. The van der Waals surface area contributed by atoms with E-state index in [1.165, 1.54) is 4.90 Å². The van der Waals surface area contributed by atoms with E-state index in [2.05, 4.69) is 0 Å². The molecular formula is C11H20N2O3. The van der Waals surface area contributed by atoms with Crippen molar-refractivity contribution in [1.82, 2.24) is 9.80 Å². The van der Waals surface area contributed by atoms with Crippen LogP contribution in [0.25, 0.3) is 0 Å². The van der Waals surface area contributed by atoms with Crippen LogP contribution in [0, 0.1) is 0 Å². The maximum absolute atomic E-state index is 11.7. The van der Waals surface area contributed by atoms with Gasteiger partial charge >= 0.3 is 6.09 Å². The van der Waals surface area contributed by atoms with Crippen LogP contribution in [0.5, 0.6) is 0 Å². The zero-order valence-corrected chi connectivity index (χ0v) is 10.2. The molecule has 0 aliphatic carbocycles. The molecule has 0 aromatic heterocycles. The average molecular weight is 228 g/mol. The van der Waals surface area contributed by atoms with E-state index >= 15 is 0 Å². The third-order valence-electron chi connectivity index (χ3n) is 2.89. The molecule has 0 spiro atoms. The molecule has 5 heteroatoms. The Morgan fingerprint density at radius 1 is 1.50 bits per heavy atom. The van der Waals surface area contributed by atoms with E-state index in [0.717, 1.165) is 19.5 Å². The molecule has 0 N–H and O–H groups in total. The standard InChI is InChI=1S/C11H20N2O3/c1-4-12(5-2)9(3)16-11(15)13-8-6-7-10(13)14/h9H,4-8H2,1-3H3. The molecule has 0 bridgehead atoms. The molecule has 16 heavy (non-hydrogen) atoms. The molecule has 1 unspecified atom stereocenters. The summed E-state index contributed by atoms with van der Waals surface area (Å²) in [6.45, 7) is 7.97. The molecule has 1 fully saturated rings. The highest BCUT2D eigenvalue weighted by atomic mass is 16.6. The zero-order valence-electron chi connectivity index (χ0n) is 10.2. The van der Waals surface area contributed by atoms with Crippen molar-refractivity contribution in [3.05, 3.63) is 0 Å². The number of ether oxygens (including phenoxy) is 1. The number of likely N-dealkylation sites (tertiary alicyclic amines) is 1. The summed E-state index contributed by atoms with van der Waals surface area (Å²) in [6.07, 6.45) is 0.403. The second-order valence-corrected chi connectivity index (χ2v) is 3.85. The Bertz CT molecular complexity index is 264. The Balaban J connectivity index is 2.47. The highest BCUT2D eigenvalue weighted by Crippen LogP contribution is 2.12. The van der Waals surface area contributed by atoms with Gasteiger partial charge in [-0.25, -0.2) is 9.69 Å². The summed E-state index contributed by atoms with van der Waals surface area (Å²) in [4.78, 5) is 26.2. The Kier molecular flexibility index (Phi) is 4.73. The van der Waals surface area contributed by atoms with Crippen LogP contribution in [0.1, 0.15) is 33.6 Å². The summed E-state index contributed by atoms with van der Waals surface area (Å²) in [6, 6.07) is 0. The monoisotopic (exact) mass is 228 g/mol. The van der Waals surface area contributed by atoms with Crippen molar-refractivity contribution in [2.75, 3.05) is 19.6 Å². The third kappa shape index (κ3) is 2.95. The molecule has 0 radical (unpaired) electrons. The van der Waals surface area contributed by atoms with Crippen LogP contribution in [0.2, 0.25) is 0 Å². The molecule has 0 aromatic carbocycles. The SMILES string of the molecule is CCN(CC)C(C)OC(=O)N1CCCC1=O. The lowest BCUT2D eigenvalue weighted by Crippen LogP contribution is -2.41. The number of rotatable bonds is 4. The van der Waals surface area contributed by atoms with Crippen molar-refractivity contribution in [3.63, 3.8) is 0 Å². The van der Waals surface area contributed by atoms with E-state index in [1.807, 2.05) is 25.7 Å². The molecule has 1 aliphatic heterocycles. The summed E-state index contributed by atoms with van der Waals surface area (Å²) in [5.41, 5.74) is 0. The Morgan fingerprint density at radius 3 is 2.56 bits per heavy atom. The van der Waals surface area contributed by atoms with E-state index in [-0.39, 0.29) is 12.1 Å². The quantitative estimate of drug-likeness (QED) is 0.683. The predicted molar refractivity (Wildman–Crippen MR) is 59.8 cm³/mol. The minimum absolute atomic E-state index is 0.128. The first kappa shape index (κ1) is 13.0. The normalized spacial score (nSPS) is 18.0. The summed E-state index contributed by atoms with van der Waals surface area (Å²) in [7, 11) is 0. The summed E-state index contributed by atoms with van der Waals surface area (Å²) in [5.74, 6) is -0.128. The lowest BCUT2D eigenvalue weighted by atomic mass is 10.4. The fourth-order valence-electron chi connectivity index (χ4n) is 1.86. The van der Waals surface area contributed by atoms with Gasteiger partial charge in [0.05, 0.1) is 0 Å². The molecule has 0 aromatic rings. The fraction of sp³-hybridized carbons (Fsp3) is 0.818. The number of nitrogens with zero attached hydrogens (tertiary/aromatic N) is 2. The van der Waals surface area contributed by atoms with Crippen molar-refractivity contribution in [2.24, 2.45) is 0 Å². The number of imide groups is 1. The minimum Gasteiger partial charge on any atom is -0.430 e. The molecular weight excluding hydrogens is 208 g/mol. The molecule has 1 rings (SSSR count). The van der Waals surface area contributed by atoms with Crippen LogP contribution in [-0.2, 0) is 9.53 Å². The van der Waals surface area contributed by atoms with Gasteiger partial charge in [-0.15, -0.1) is 0 Å². The van der Waals surface area contributed by atoms with Crippen LogP contribution in [0.3, 0.4) is 0 Å². The van der Waals surface area contributed by atoms with Crippen LogP contribution >= 0.6 is 0 Å². The zero-order chi connectivity index (χ0) is 12.1. The van der Waals surface area contributed by atoms with Crippen molar-refractivity contribution in [1.29, 1.82) is 0 Å². The number of carbonyl (C=O) groups is 2. The van der Waals surface area contributed by atoms with E-state index in [4.69, 9.17) is 4.74 Å². The Hall–Kier alpha value is -1.10. The molecule has 1 saturated heterocycles. The van der Waals surface area contributed by atoms with Gasteiger partial charge in [0.1, 0.15) is 0 Å². The highest BCUT2D eigenvalue weighted by Gasteiger charge is 2.29. The molecule has 1 atom stereocenters. The van der Waals surface area contributed by atoms with Gasteiger partial charge in [-0.2, -0.15) is 0 Å². The topological polar surface area (TPSA) is 49.9 Å². The van der Waals surface area contributed by atoms with Crippen LogP contribution in [0.15, 0.2) is 0 Å². The molecule has 0 saturated carbocycles. The van der Waals surface area contributed by atoms with Crippen molar-refractivity contribution >= 4 is 12.0 Å². The maximum Gasteiger partial charge on any atom is 0.418 e. The first-order valence-corrected chi connectivity index (χ1v) is 5.85. The summed E-state index contributed by atoms with van der Waals surface area (Å²) in [5, 5.41) is 0. The van der Waals surface area contributed by atoms with Gasteiger partial charge in [0.25, 0.3) is 0 Å². The number of carbonyl (C=O) groups excluding carboxylic acids is 2. The van der Waals surface area contributed by atoms with Gasteiger partial charge in [0.15, 0.2) is 6.23 Å². The van der Waals surface area contributed by atoms with Gasteiger partial charge < -0.3 is 4.74 Å². The fourth-order valence-corrected chi connectivity index (χ4v) is 1.86. The number of hydrogen-bond acceptors (Lipinski definition) is 4. The maximum atomic E-state index is 11.7. The van der Waals surface area contributed by atoms with Crippen LogP contribution in [-0.4, -0.2) is 47.7 Å². The van der Waals surface area contributed by atoms with Gasteiger partial charge in [-0.1, -0.05) is 13.8 Å². The largest absolute Gasteiger partial charge is 0.430 e. The second-order valence-electron chi connectivity index (χ2n) is 3.85. The van der Waals surface area contributed by atoms with Crippen molar-refractivity contribution in [3.8, 4) is 0 Å². The number of hydrogen-bond donors (Lipinski definition) is 0. The van der Waals surface area contributed by atoms with Crippen LogP contribution < -0.4 is 0 Å². The lowest BCUT2D eigenvalue weighted by Gasteiger charge is -2.27. The minimum atomic E-state index is -0.512. The van der Waals surface area contributed by atoms with Gasteiger partial charge in [-0.3, -0.25) is 9.69 Å². The van der Waals surface area contributed by atoms with Gasteiger partial charge in [-0.05, 0) is 26.4 Å². The van der Waals surface area contributed by atoms with Crippen molar-refractivity contribution < 1.29 is 14.3 Å². The van der Waals surface area contributed by atoms with Gasteiger partial charge in [0.2, 0.25) is 5.91 Å². The molecule has 5 nitrogen and oxygen atoms in total. The van der Waals surface area contributed by atoms with E-state index in [0.29, 0.717) is 13.0 Å². The van der Waals surface area contributed by atoms with E-state index < -0.39 is 6.09 Å². The summed E-state index contributed by atoms with van der Waals surface area (Å²) < 4.78 is 5.24. The molecule has 1 aliphatic rings. The predicted octanol–water partition coefficient (Wildman–Crippen LogP) is 1.43. The smallest absolute Gasteiger partial charge is 0.418 e.